The van der Waals surface area contributed by atoms with Crippen molar-refractivity contribution >= 4 is 31.8 Å². The highest BCUT2D eigenvalue weighted by atomic mass is 28.4. The van der Waals surface area contributed by atoms with Crippen LogP contribution in [0.15, 0.2) is 42.5 Å². The van der Waals surface area contributed by atoms with Gasteiger partial charge >= 0.3 is 0 Å². The summed E-state index contributed by atoms with van der Waals surface area (Å²) in [4.78, 5) is 50.4. The summed E-state index contributed by atoms with van der Waals surface area (Å²) in [5, 5.41) is 8.43. The largest absolute Gasteiger partial charge is 0.432 e. The maximum absolute atomic E-state index is 14.6. The molecule has 0 aliphatic carbocycles. The van der Waals surface area contributed by atoms with E-state index >= 15 is 0 Å². The van der Waals surface area contributed by atoms with Crippen LogP contribution in [0.3, 0.4) is 0 Å². The maximum atomic E-state index is 14.6. The van der Waals surface area contributed by atoms with Gasteiger partial charge in [0.05, 0.1) is 5.56 Å². The minimum Gasteiger partial charge on any atom is -0.432 e. The number of benzene rings is 2. The molecule has 1 heterocycles. The number of primary amides is 1. The number of hydrogen-bond donors (Lipinski definition) is 3. The average molecular weight is 513 g/mol. The third-order valence-corrected chi connectivity index (χ3v) is 7.84. The molecule has 10 heteroatoms. The molecule has 192 valence electrons. The summed E-state index contributed by atoms with van der Waals surface area (Å²) in [6, 6.07) is 11.4. The molecule has 1 aliphatic rings. The lowest BCUT2D eigenvalue weighted by atomic mass is 9.96. The van der Waals surface area contributed by atoms with Crippen molar-refractivity contribution in [3.63, 3.8) is 0 Å². The van der Waals surface area contributed by atoms with E-state index in [4.69, 9.17) is 11.1 Å². The zero-order valence-electron chi connectivity index (χ0n) is 20.7. The first-order valence-electron chi connectivity index (χ1n) is 12.0. The molecule has 0 radical (unpaired) electrons. The number of amides is 3. The van der Waals surface area contributed by atoms with Gasteiger partial charge in [-0.15, -0.1) is 0 Å². The van der Waals surface area contributed by atoms with Crippen LogP contribution in [0.1, 0.15) is 44.7 Å². The lowest BCUT2D eigenvalue weighted by Gasteiger charge is -2.35. The van der Waals surface area contributed by atoms with Gasteiger partial charge < -0.3 is 25.7 Å². The van der Waals surface area contributed by atoms with Gasteiger partial charge in [0.15, 0.2) is 8.32 Å². The summed E-state index contributed by atoms with van der Waals surface area (Å²) in [6.45, 7) is 5.05. The van der Waals surface area contributed by atoms with E-state index in [1.54, 1.807) is 29.2 Å². The average Bonchev–Trinajstić information content (AvgIpc) is 2.84. The second kappa shape index (κ2) is 11.6. The number of piperazine rings is 1. The Morgan fingerprint density at radius 3 is 2.22 bits per heavy atom. The summed E-state index contributed by atoms with van der Waals surface area (Å²) in [5.41, 5.74) is 6.65. The number of carbonyl (C=O) groups is 3. The molecule has 4 N–H and O–H groups in total. The van der Waals surface area contributed by atoms with Gasteiger partial charge in [-0.25, -0.2) is 4.39 Å². The van der Waals surface area contributed by atoms with Crippen LogP contribution in [0.5, 0.6) is 0 Å². The Balaban J connectivity index is 1.62. The Morgan fingerprint density at radius 2 is 1.61 bits per heavy atom. The van der Waals surface area contributed by atoms with Crippen LogP contribution in [0.4, 0.5) is 4.39 Å². The van der Waals surface area contributed by atoms with Crippen molar-refractivity contribution in [2.45, 2.75) is 38.4 Å². The minimum absolute atomic E-state index is 0.00304. The van der Waals surface area contributed by atoms with Gasteiger partial charge in [0.25, 0.3) is 5.91 Å². The predicted octanol–water partition coefficient (Wildman–Crippen LogP) is 2.80. The van der Waals surface area contributed by atoms with Crippen molar-refractivity contribution in [2.24, 2.45) is 5.73 Å². The number of nitrogens with zero attached hydrogens (tertiary/aromatic N) is 2. The minimum atomic E-state index is -2.18. The monoisotopic (exact) mass is 512 g/mol. The van der Waals surface area contributed by atoms with Crippen LogP contribution >= 0.6 is 0 Å². The quantitative estimate of drug-likeness (QED) is 0.353. The van der Waals surface area contributed by atoms with E-state index in [-0.39, 0.29) is 29.2 Å². The highest BCUT2D eigenvalue weighted by Crippen LogP contribution is 2.19. The van der Waals surface area contributed by atoms with Crippen LogP contribution in [0.25, 0.3) is 0 Å². The maximum Gasteiger partial charge on any atom is 0.256 e. The number of nitrogens with one attached hydrogen (secondary N) is 1. The fourth-order valence-corrected chi connectivity index (χ4v) is 5.31. The van der Waals surface area contributed by atoms with E-state index in [1.807, 2.05) is 13.1 Å². The molecular formula is C26H33FN4O4Si. The first-order chi connectivity index (χ1) is 17.0. The fourth-order valence-electron chi connectivity index (χ4n) is 4.27. The topological polar surface area (TPSA) is 128 Å². The lowest BCUT2D eigenvalue weighted by molar-refractivity contribution is -0.132. The van der Waals surface area contributed by atoms with Crippen LogP contribution in [0.2, 0.25) is 19.1 Å². The third-order valence-electron chi connectivity index (χ3n) is 6.26. The molecule has 2 aromatic rings. The summed E-state index contributed by atoms with van der Waals surface area (Å²) in [6.07, 6.45) is 1.11. The standard InChI is InChI=1S/C26H33FN4O4Si/c1-36(2,35)15-5-8-24(32)30-11-13-31(14-12-30)26(34)21-16-18(9-10-22(21)27)17-23(28)19-6-3-4-7-20(19)25(29)33/h3-4,6-7,9-10,16,28,35H,5,8,11-15,17H2,1-2H3,(H2,29,33). The first kappa shape index (κ1) is 27.2. The van der Waals surface area contributed by atoms with E-state index in [0.717, 1.165) is 0 Å². The molecule has 1 fully saturated rings. The molecule has 1 saturated heterocycles. The molecule has 0 spiro atoms. The number of halogens is 1. The Morgan fingerprint density at radius 1 is 1.00 bits per heavy atom. The highest BCUT2D eigenvalue weighted by molar-refractivity contribution is 6.69. The molecule has 0 unspecified atom stereocenters. The van der Waals surface area contributed by atoms with Gasteiger partial charge in [0.2, 0.25) is 11.8 Å². The molecule has 2 aromatic carbocycles. The molecule has 3 rings (SSSR count). The second-order valence-corrected chi connectivity index (χ2v) is 13.8. The summed E-state index contributed by atoms with van der Waals surface area (Å²) < 4.78 is 14.6. The summed E-state index contributed by atoms with van der Waals surface area (Å²) >= 11 is 0. The molecular weight excluding hydrogens is 479 g/mol. The zero-order chi connectivity index (χ0) is 26.5. The van der Waals surface area contributed by atoms with Gasteiger partial charge in [-0.1, -0.05) is 24.3 Å². The first-order valence-corrected chi connectivity index (χ1v) is 15.2. The molecule has 3 amide bonds. The Hall–Kier alpha value is -3.37. The highest BCUT2D eigenvalue weighted by Gasteiger charge is 2.27. The smallest absolute Gasteiger partial charge is 0.256 e. The van der Waals surface area contributed by atoms with Crippen molar-refractivity contribution in [3.05, 3.63) is 70.5 Å². The number of hydrogen-bond acceptors (Lipinski definition) is 5. The van der Waals surface area contributed by atoms with Gasteiger partial charge in [0.1, 0.15) is 5.82 Å². The molecule has 0 atom stereocenters. The molecule has 36 heavy (non-hydrogen) atoms. The molecule has 0 aromatic heterocycles. The third kappa shape index (κ3) is 7.08. The Kier molecular flexibility index (Phi) is 8.75. The molecule has 1 aliphatic heterocycles. The van der Waals surface area contributed by atoms with Gasteiger partial charge in [0, 0.05) is 55.9 Å². The predicted molar refractivity (Wildman–Crippen MR) is 138 cm³/mol. The van der Waals surface area contributed by atoms with Crippen molar-refractivity contribution in [3.8, 4) is 0 Å². The molecule has 0 saturated carbocycles. The SMILES string of the molecule is C[Si](C)(O)CCCC(=O)N1CCN(C(=O)c2cc(CC(=N)c3ccccc3C(N)=O)ccc2F)CC1. The Labute approximate surface area is 211 Å². The van der Waals surface area contributed by atoms with E-state index in [1.165, 1.54) is 23.1 Å². The normalized spacial score (nSPS) is 14.0. The number of nitrogens with two attached hydrogens (primary N) is 1. The van der Waals surface area contributed by atoms with E-state index < -0.39 is 25.9 Å². The van der Waals surface area contributed by atoms with Crippen LogP contribution in [-0.2, 0) is 11.2 Å². The molecule has 0 bridgehead atoms. The van der Waals surface area contributed by atoms with Crippen LogP contribution in [-0.4, -0.2) is 72.5 Å². The fraction of sp³-hybridized carbons (Fsp3) is 0.385. The zero-order valence-corrected chi connectivity index (χ0v) is 21.7. The van der Waals surface area contributed by atoms with Gasteiger partial charge in [-0.3, -0.25) is 14.4 Å². The number of carbonyl (C=O) groups excluding carboxylic acids is 3. The van der Waals surface area contributed by atoms with E-state index in [9.17, 15) is 23.6 Å². The molecule has 8 nitrogen and oxygen atoms in total. The van der Waals surface area contributed by atoms with Crippen molar-refractivity contribution in [2.75, 3.05) is 26.2 Å². The summed E-state index contributed by atoms with van der Waals surface area (Å²) in [7, 11) is -2.18. The van der Waals surface area contributed by atoms with Crippen molar-refractivity contribution in [1.82, 2.24) is 9.80 Å². The van der Waals surface area contributed by atoms with Crippen molar-refractivity contribution < 1.29 is 23.6 Å². The number of rotatable bonds is 9. The summed E-state index contributed by atoms with van der Waals surface area (Å²) in [5.74, 6) is -1.74. The van der Waals surface area contributed by atoms with E-state index in [2.05, 4.69) is 0 Å². The van der Waals surface area contributed by atoms with Gasteiger partial charge in [-0.05, 0) is 49.3 Å². The van der Waals surface area contributed by atoms with Crippen molar-refractivity contribution in [1.29, 1.82) is 5.41 Å². The Bertz CT molecular complexity index is 1160. The lowest BCUT2D eigenvalue weighted by Crippen LogP contribution is -2.50. The second-order valence-electron chi connectivity index (χ2n) is 9.72. The van der Waals surface area contributed by atoms with Gasteiger partial charge in [-0.2, -0.15) is 0 Å². The van der Waals surface area contributed by atoms with Crippen LogP contribution < -0.4 is 5.73 Å². The van der Waals surface area contributed by atoms with Crippen LogP contribution in [0, 0.1) is 11.2 Å². The van der Waals surface area contributed by atoms with E-state index in [0.29, 0.717) is 56.2 Å².